The summed E-state index contributed by atoms with van der Waals surface area (Å²) in [7, 11) is -1.82. The monoisotopic (exact) mass is 468 g/mol. The number of ketones is 1. The molecule has 3 rings (SSSR count). The van der Waals surface area contributed by atoms with Crippen molar-refractivity contribution in [3.63, 3.8) is 0 Å². The molecule has 0 radical (unpaired) electrons. The Morgan fingerprint density at radius 1 is 0.938 bits per heavy atom. The van der Waals surface area contributed by atoms with Crippen molar-refractivity contribution in [2.24, 2.45) is 17.8 Å². The third kappa shape index (κ3) is 5.35. The molecule has 6 heteroatoms. The molecule has 9 unspecified atom stereocenters. The molecule has 5 nitrogen and oxygen atoms in total. The van der Waals surface area contributed by atoms with Crippen molar-refractivity contribution in [3.8, 4) is 0 Å². The van der Waals surface area contributed by atoms with Crippen LogP contribution in [0, 0.1) is 17.8 Å². The predicted octanol–water partition coefficient (Wildman–Crippen LogP) is 6.11. The third-order valence-corrected chi connectivity index (χ3v) is 13.3. The average Bonchev–Trinajstić information content (AvgIpc) is 2.73. The van der Waals surface area contributed by atoms with Gasteiger partial charge in [-0.1, -0.05) is 48.5 Å². The molecule has 0 N–H and O–H groups in total. The first kappa shape index (κ1) is 26.3. The van der Waals surface area contributed by atoms with E-state index < -0.39 is 14.1 Å². The molecule has 3 aliphatic rings. The SMILES string of the molecule is CCC1OC2C(C)CC3(CC(C)C(O[Si](CC)(CC)CC)C(CC(C)=O)O3)OC2CC1C. The van der Waals surface area contributed by atoms with E-state index in [1.54, 1.807) is 6.92 Å². The quantitative estimate of drug-likeness (QED) is 0.403. The van der Waals surface area contributed by atoms with Gasteiger partial charge >= 0.3 is 0 Å². The maximum Gasteiger partial charge on any atom is 0.192 e. The molecule has 1 spiro atoms. The normalized spacial score (nSPS) is 42.6. The van der Waals surface area contributed by atoms with Gasteiger partial charge in [-0.3, -0.25) is 4.79 Å². The van der Waals surface area contributed by atoms with Gasteiger partial charge in [0.25, 0.3) is 0 Å². The van der Waals surface area contributed by atoms with Crippen LogP contribution in [-0.4, -0.2) is 50.4 Å². The average molecular weight is 469 g/mol. The van der Waals surface area contributed by atoms with Crippen LogP contribution in [0.25, 0.3) is 0 Å². The lowest BCUT2D eigenvalue weighted by molar-refractivity contribution is -0.371. The lowest BCUT2D eigenvalue weighted by atomic mass is 9.77. The summed E-state index contributed by atoms with van der Waals surface area (Å²) in [6.07, 6.45) is 4.37. The zero-order valence-electron chi connectivity index (χ0n) is 21.8. The molecule has 32 heavy (non-hydrogen) atoms. The molecule has 0 aromatic rings. The Kier molecular flexibility index (Phi) is 8.68. The Morgan fingerprint density at radius 3 is 2.12 bits per heavy atom. The minimum absolute atomic E-state index is 0.0290. The second kappa shape index (κ2) is 10.6. The molecule has 3 heterocycles. The minimum Gasteiger partial charge on any atom is -0.411 e. The van der Waals surface area contributed by atoms with Crippen molar-refractivity contribution >= 4 is 14.1 Å². The fourth-order valence-electron chi connectivity index (χ4n) is 6.61. The van der Waals surface area contributed by atoms with Crippen LogP contribution in [0.5, 0.6) is 0 Å². The molecule has 3 aliphatic heterocycles. The van der Waals surface area contributed by atoms with Crippen molar-refractivity contribution in [3.05, 3.63) is 0 Å². The Labute approximate surface area is 197 Å². The summed E-state index contributed by atoms with van der Waals surface area (Å²) in [6.45, 7) is 17.5. The standard InChI is InChI=1S/C26H48O5Si/c1-9-21-17(5)13-22-24(28-21)18(6)15-26(29-22)16-19(7)25(23(30-26)14-20(8)27)31-32(10-2,11-3)12-4/h17-19,21-25H,9-16H2,1-8H3. The second-order valence-electron chi connectivity index (χ2n) is 11.1. The van der Waals surface area contributed by atoms with Gasteiger partial charge in [-0.15, -0.1) is 0 Å². The third-order valence-electron chi connectivity index (χ3n) is 8.63. The van der Waals surface area contributed by atoms with Gasteiger partial charge < -0.3 is 18.6 Å². The fourth-order valence-corrected chi connectivity index (χ4v) is 9.58. The Balaban J connectivity index is 1.82. The van der Waals surface area contributed by atoms with Crippen LogP contribution in [0.15, 0.2) is 0 Å². The van der Waals surface area contributed by atoms with Gasteiger partial charge in [0.1, 0.15) is 5.78 Å². The van der Waals surface area contributed by atoms with E-state index >= 15 is 0 Å². The highest BCUT2D eigenvalue weighted by Gasteiger charge is 2.56. The number of Topliss-reactive ketones (excluding diaryl/α,β-unsaturated/α-hetero) is 1. The van der Waals surface area contributed by atoms with Crippen molar-refractivity contribution in [1.82, 2.24) is 0 Å². The summed E-state index contributed by atoms with van der Waals surface area (Å²) >= 11 is 0. The van der Waals surface area contributed by atoms with E-state index in [4.69, 9.17) is 18.6 Å². The molecule has 0 aromatic heterocycles. The van der Waals surface area contributed by atoms with Gasteiger partial charge in [0, 0.05) is 19.3 Å². The lowest BCUT2D eigenvalue weighted by Crippen LogP contribution is -2.63. The van der Waals surface area contributed by atoms with Crippen molar-refractivity contribution in [2.45, 2.75) is 142 Å². The van der Waals surface area contributed by atoms with Gasteiger partial charge in [0.05, 0.1) is 30.5 Å². The Bertz CT molecular complexity index is 629. The van der Waals surface area contributed by atoms with Gasteiger partial charge in [-0.2, -0.15) is 0 Å². The first-order chi connectivity index (χ1) is 15.1. The summed E-state index contributed by atoms with van der Waals surface area (Å²) in [5.41, 5.74) is 0. The number of fused-ring (bicyclic) bond motifs is 1. The minimum atomic E-state index is -1.82. The van der Waals surface area contributed by atoms with Crippen LogP contribution >= 0.6 is 0 Å². The van der Waals surface area contributed by atoms with Crippen LogP contribution in [0.2, 0.25) is 18.1 Å². The summed E-state index contributed by atoms with van der Waals surface area (Å²) in [4.78, 5) is 12.2. The maximum atomic E-state index is 12.2. The summed E-state index contributed by atoms with van der Waals surface area (Å²) in [6, 6.07) is 3.31. The highest BCUT2D eigenvalue weighted by molar-refractivity contribution is 6.73. The van der Waals surface area contributed by atoms with Crippen molar-refractivity contribution in [1.29, 1.82) is 0 Å². The van der Waals surface area contributed by atoms with E-state index in [0.717, 1.165) is 43.8 Å². The predicted molar refractivity (Wildman–Crippen MR) is 130 cm³/mol. The van der Waals surface area contributed by atoms with Crippen LogP contribution in [0.1, 0.15) is 87.5 Å². The first-order valence-corrected chi connectivity index (χ1v) is 15.8. The number of rotatable bonds is 8. The molecular formula is C26H48O5Si. The number of hydrogen-bond acceptors (Lipinski definition) is 5. The number of carbonyl (C=O) groups excluding carboxylic acids is 1. The lowest BCUT2D eigenvalue weighted by Gasteiger charge is -2.56. The van der Waals surface area contributed by atoms with E-state index in [-0.39, 0.29) is 30.2 Å². The van der Waals surface area contributed by atoms with E-state index in [1.807, 2.05) is 0 Å². The van der Waals surface area contributed by atoms with E-state index in [1.165, 1.54) is 0 Å². The first-order valence-electron chi connectivity index (χ1n) is 13.3. The summed E-state index contributed by atoms with van der Waals surface area (Å²) in [5, 5.41) is 0. The Morgan fingerprint density at radius 2 is 1.56 bits per heavy atom. The van der Waals surface area contributed by atoms with Crippen molar-refractivity contribution in [2.75, 3.05) is 0 Å². The highest BCUT2D eigenvalue weighted by atomic mass is 28.4. The van der Waals surface area contributed by atoms with Crippen LogP contribution in [-0.2, 0) is 23.4 Å². The van der Waals surface area contributed by atoms with Crippen LogP contribution in [0.4, 0.5) is 0 Å². The molecule has 3 saturated heterocycles. The highest BCUT2D eigenvalue weighted by Crippen LogP contribution is 2.49. The molecule has 0 saturated carbocycles. The van der Waals surface area contributed by atoms with E-state index in [2.05, 4.69) is 48.5 Å². The number of hydrogen-bond donors (Lipinski definition) is 0. The Hall–Kier alpha value is -0.273. The summed E-state index contributed by atoms with van der Waals surface area (Å²) < 4.78 is 27.0. The van der Waals surface area contributed by atoms with E-state index in [0.29, 0.717) is 30.3 Å². The zero-order valence-corrected chi connectivity index (χ0v) is 22.8. The molecular weight excluding hydrogens is 420 g/mol. The molecule has 0 bridgehead atoms. The van der Waals surface area contributed by atoms with Gasteiger partial charge in [-0.25, -0.2) is 0 Å². The number of carbonyl (C=O) groups is 1. The van der Waals surface area contributed by atoms with Gasteiger partial charge in [0.2, 0.25) is 0 Å². The van der Waals surface area contributed by atoms with Gasteiger partial charge in [0.15, 0.2) is 14.1 Å². The maximum absolute atomic E-state index is 12.2. The molecule has 0 amide bonds. The van der Waals surface area contributed by atoms with Crippen LogP contribution in [0.3, 0.4) is 0 Å². The fraction of sp³-hybridized carbons (Fsp3) is 0.962. The van der Waals surface area contributed by atoms with Crippen LogP contribution < -0.4 is 0 Å². The molecule has 0 aromatic carbocycles. The molecule has 3 fully saturated rings. The molecule has 9 atom stereocenters. The zero-order chi connectivity index (χ0) is 23.7. The molecule has 186 valence electrons. The van der Waals surface area contributed by atoms with Crippen molar-refractivity contribution < 1.29 is 23.4 Å². The second-order valence-corrected chi connectivity index (χ2v) is 15.8. The van der Waals surface area contributed by atoms with E-state index in [9.17, 15) is 4.79 Å². The number of ether oxygens (including phenoxy) is 3. The topological polar surface area (TPSA) is 54.0 Å². The molecule has 0 aliphatic carbocycles. The van der Waals surface area contributed by atoms with Gasteiger partial charge in [-0.05, 0) is 55.7 Å². The summed E-state index contributed by atoms with van der Waals surface area (Å²) in [5.74, 6) is 0.675. The largest absolute Gasteiger partial charge is 0.411 e. The smallest absolute Gasteiger partial charge is 0.192 e.